The predicted octanol–water partition coefficient (Wildman–Crippen LogP) is 4.17. The summed E-state index contributed by atoms with van der Waals surface area (Å²) in [5.41, 5.74) is -0.701. The standard InChI is InChI=1S/C12H16ClF3N2/c1-8(2)10(3-5-13)18-11-7-9(4-6-17-11)12(14,15)16/h4,6-8,10H,3,5H2,1-2H3,(H,17,18). The number of anilines is 1. The van der Waals surface area contributed by atoms with Crippen molar-refractivity contribution in [3.63, 3.8) is 0 Å². The van der Waals surface area contributed by atoms with Gasteiger partial charge in [-0.15, -0.1) is 11.6 Å². The second kappa shape index (κ2) is 6.27. The molecule has 1 unspecified atom stereocenters. The van der Waals surface area contributed by atoms with Crippen LogP contribution in [0.4, 0.5) is 19.0 Å². The van der Waals surface area contributed by atoms with Crippen LogP contribution in [0.1, 0.15) is 25.8 Å². The van der Waals surface area contributed by atoms with Crippen LogP contribution in [0.15, 0.2) is 18.3 Å². The third-order valence-electron chi connectivity index (χ3n) is 2.65. The minimum Gasteiger partial charge on any atom is -0.367 e. The van der Waals surface area contributed by atoms with Gasteiger partial charge in [0.25, 0.3) is 0 Å². The number of alkyl halides is 4. The second-order valence-electron chi connectivity index (χ2n) is 4.40. The van der Waals surface area contributed by atoms with Gasteiger partial charge in [0.2, 0.25) is 0 Å². The first kappa shape index (κ1) is 15.1. The van der Waals surface area contributed by atoms with E-state index in [4.69, 9.17) is 11.6 Å². The zero-order valence-corrected chi connectivity index (χ0v) is 11.0. The summed E-state index contributed by atoms with van der Waals surface area (Å²) in [7, 11) is 0. The minimum absolute atomic E-state index is 0.0125. The first-order valence-corrected chi connectivity index (χ1v) is 6.23. The van der Waals surface area contributed by atoms with Crippen LogP contribution in [-0.4, -0.2) is 16.9 Å². The number of aromatic nitrogens is 1. The smallest absolute Gasteiger partial charge is 0.367 e. The van der Waals surface area contributed by atoms with Crippen LogP contribution >= 0.6 is 11.6 Å². The van der Waals surface area contributed by atoms with Gasteiger partial charge in [-0.05, 0) is 24.5 Å². The molecule has 1 aromatic rings. The van der Waals surface area contributed by atoms with Crippen LogP contribution in [0.5, 0.6) is 0 Å². The number of hydrogen-bond donors (Lipinski definition) is 1. The molecule has 0 fully saturated rings. The Balaban J connectivity index is 2.83. The molecule has 0 saturated carbocycles. The molecular formula is C12H16ClF3N2. The Kier molecular flexibility index (Phi) is 5.26. The van der Waals surface area contributed by atoms with Gasteiger partial charge in [0, 0.05) is 18.1 Å². The van der Waals surface area contributed by atoms with Crippen molar-refractivity contribution in [2.75, 3.05) is 11.2 Å². The monoisotopic (exact) mass is 280 g/mol. The van der Waals surface area contributed by atoms with Gasteiger partial charge in [-0.3, -0.25) is 0 Å². The highest BCUT2D eigenvalue weighted by molar-refractivity contribution is 6.17. The van der Waals surface area contributed by atoms with Gasteiger partial charge in [-0.25, -0.2) is 4.98 Å². The molecule has 1 rings (SSSR count). The van der Waals surface area contributed by atoms with E-state index in [1.807, 2.05) is 13.8 Å². The number of pyridine rings is 1. The van der Waals surface area contributed by atoms with Crippen molar-refractivity contribution in [3.8, 4) is 0 Å². The Morgan fingerprint density at radius 2 is 2.06 bits per heavy atom. The molecule has 0 radical (unpaired) electrons. The average molecular weight is 281 g/mol. The molecule has 18 heavy (non-hydrogen) atoms. The molecule has 6 heteroatoms. The normalized spacial score (nSPS) is 13.7. The van der Waals surface area contributed by atoms with E-state index < -0.39 is 11.7 Å². The predicted molar refractivity (Wildman–Crippen MR) is 66.8 cm³/mol. The van der Waals surface area contributed by atoms with E-state index in [9.17, 15) is 13.2 Å². The lowest BCUT2D eigenvalue weighted by atomic mass is 10.0. The molecule has 0 spiro atoms. The lowest BCUT2D eigenvalue weighted by Crippen LogP contribution is -2.26. The van der Waals surface area contributed by atoms with E-state index in [1.54, 1.807) is 0 Å². The van der Waals surface area contributed by atoms with E-state index in [0.717, 1.165) is 18.3 Å². The molecular weight excluding hydrogens is 265 g/mol. The van der Waals surface area contributed by atoms with Crippen LogP contribution < -0.4 is 5.32 Å². The maximum absolute atomic E-state index is 12.5. The van der Waals surface area contributed by atoms with E-state index in [2.05, 4.69) is 10.3 Å². The number of nitrogens with one attached hydrogen (secondary N) is 1. The summed E-state index contributed by atoms with van der Waals surface area (Å²) in [6.07, 6.45) is -2.51. The van der Waals surface area contributed by atoms with Gasteiger partial charge in [-0.1, -0.05) is 13.8 Å². The molecule has 0 aliphatic carbocycles. The van der Waals surface area contributed by atoms with Gasteiger partial charge in [0.15, 0.2) is 0 Å². The van der Waals surface area contributed by atoms with Crippen LogP contribution in [0.2, 0.25) is 0 Å². The van der Waals surface area contributed by atoms with Crippen LogP contribution in [0.3, 0.4) is 0 Å². The average Bonchev–Trinajstić information content (AvgIpc) is 2.27. The Morgan fingerprint density at radius 1 is 1.39 bits per heavy atom. The number of hydrogen-bond acceptors (Lipinski definition) is 2. The summed E-state index contributed by atoms with van der Waals surface area (Å²) in [5.74, 6) is 0.947. The molecule has 1 aromatic heterocycles. The largest absolute Gasteiger partial charge is 0.416 e. The zero-order chi connectivity index (χ0) is 13.8. The van der Waals surface area contributed by atoms with Gasteiger partial charge in [0.05, 0.1) is 5.56 Å². The number of halogens is 4. The summed E-state index contributed by atoms with van der Waals surface area (Å²) in [4.78, 5) is 3.90. The molecule has 1 N–H and O–H groups in total. The topological polar surface area (TPSA) is 24.9 Å². The maximum Gasteiger partial charge on any atom is 0.416 e. The van der Waals surface area contributed by atoms with E-state index >= 15 is 0 Å². The van der Waals surface area contributed by atoms with Gasteiger partial charge >= 0.3 is 6.18 Å². The van der Waals surface area contributed by atoms with Crippen molar-refractivity contribution in [1.29, 1.82) is 0 Å². The van der Waals surface area contributed by atoms with E-state index in [-0.39, 0.29) is 17.8 Å². The van der Waals surface area contributed by atoms with Crippen molar-refractivity contribution in [2.45, 2.75) is 32.5 Å². The first-order valence-electron chi connectivity index (χ1n) is 5.70. The summed E-state index contributed by atoms with van der Waals surface area (Å²) >= 11 is 5.67. The molecule has 0 amide bonds. The van der Waals surface area contributed by atoms with Crippen LogP contribution in [-0.2, 0) is 6.18 Å². The Labute approximate surface area is 110 Å². The molecule has 0 bridgehead atoms. The third kappa shape index (κ3) is 4.37. The SMILES string of the molecule is CC(C)C(CCCl)Nc1cc(C(F)(F)F)ccn1. The van der Waals surface area contributed by atoms with Gasteiger partial charge < -0.3 is 5.32 Å². The Morgan fingerprint density at radius 3 is 2.56 bits per heavy atom. The maximum atomic E-state index is 12.5. The lowest BCUT2D eigenvalue weighted by molar-refractivity contribution is -0.137. The van der Waals surface area contributed by atoms with Crippen molar-refractivity contribution in [2.24, 2.45) is 5.92 Å². The molecule has 0 saturated heterocycles. The van der Waals surface area contributed by atoms with Crippen LogP contribution in [0, 0.1) is 5.92 Å². The molecule has 2 nitrogen and oxygen atoms in total. The van der Waals surface area contributed by atoms with Crippen molar-refractivity contribution < 1.29 is 13.2 Å². The summed E-state index contributed by atoms with van der Waals surface area (Å²) in [5, 5.41) is 3.00. The summed E-state index contributed by atoms with van der Waals surface area (Å²) < 4.78 is 37.6. The van der Waals surface area contributed by atoms with Gasteiger partial charge in [0.1, 0.15) is 5.82 Å². The Bertz CT molecular complexity index is 380. The van der Waals surface area contributed by atoms with Crippen LogP contribution in [0.25, 0.3) is 0 Å². The number of rotatable bonds is 5. The van der Waals surface area contributed by atoms with Crippen molar-refractivity contribution >= 4 is 17.4 Å². The first-order chi connectivity index (χ1) is 8.34. The highest BCUT2D eigenvalue weighted by Crippen LogP contribution is 2.30. The van der Waals surface area contributed by atoms with Crippen molar-refractivity contribution in [1.82, 2.24) is 4.98 Å². The fraction of sp³-hybridized carbons (Fsp3) is 0.583. The summed E-state index contributed by atoms with van der Waals surface area (Å²) in [6, 6.07) is 1.99. The molecule has 102 valence electrons. The minimum atomic E-state index is -4.35. The van der Waals surface area contributed by atoms with E-state index in [1.165, 1.54) is 0 Å². The van der Waals surface area contributed by atoms with Gasteiger partial charge in [-0.2, -0.15) is 13.2 Å². The molecule has 1 atom stereocenters. The van der Waals surface area contributed by atoms with Crippen molar-refractivity contribution in [3.05, 3.63) is 23.9 Å². The van der Waals surface area contributed by atoms with E-state index in [0.29, 0.717) is 12.3 Å². The number of nitrogens with zero attached hydrogens (tertiary/aromatic N) is 1. The summed E-state index contributed by atoms with van der Waals surface area (Å²) in [6.45, 7) is 3.97. The molecule has 0 aliphatic rings. The molecule has 1 heterocycles. The fourth-order valence-electron chi connectivity index (χ4n) is 1.57. The molecule has 0 aliphatic heterocycles. The third-order valence-corrected chi connectivity index (χ3v) is 2.86. The second-order valence-corrected chi connectivity index (χ2v) is 4.78. The quantitative estimate of drug-likeness (QED) is 0.819. The zero-order valence-electron chi connectivity index (χ0n) is 10.3. The highest BCUT2D eigenvalue weighted by atomic mass is 35.5. The molecule has 0 aromatic carbocycles. The Hall–Kier alpha value is -0.970. The fourth-order valence-corrected chi connectivity index (χ4v) is 1.80. The highest BCUT2D eigenvalue weighted by Gasteiger charge is 2.30. The lowest BCUT2D eigenvalue weighted by Gasteiger charge is -2.22.